The third-order valence-electron chi connectivity index (χ3n) is 2.24. The van der Waals surface area contributed by atoms with Crippen molar-refractivity contribution in [3.8, 4) is 11.8 Å². The fourth-order valence-corrected chi connectivity index (χ4v) is 3.29. The Bertz CT molecular complexity index is 545. The minimum Gasteiger partial charge on any atom is -0.468 e. The van der Waals surface area contributed by atoms with Gasteiger partial charge in [-0.1, -0.05) is 11.8 Å². The molecule has 0 aliphatic rings. The number of hydrogen-bond acceptors (Lipinski definition) is 4. The second-order valence-electron chi connectivity index (χ2n) is 3.39. The van der Waals surface area contributed by atoms with Crippen LogP contribution in [0.5, 0.6) is 0 Å². The number of rotatable bonds is 3. The summed E-state index contributed by atoms with van der Waals surface area (Å²) in [6.45, 7) is 2.38. The van der Waals surface area contributed by atoms with Gasteiger partial charge in [-0.15, -0.1) is 23.1 Å². The second-order valence-corrected chi connectivity index (χ2v) is 5.41. The van der Waals surface area contributed by atoms with E-state index in [1.807, 2.05) is 19.1 Å². The van der Waals surface area contributed by atoms with Gasteiger partial charge in [-0.05, 0) is 24.4 Å². The molecule has 2 nitrogen and oxygen atoms in total. The van der Waals surface area contributed by atoms with Crippen molar-refractivity contribution in [2.24, 2.45) is 5.73 Å². The first-order valence-electron chi connectivity index (χ1n) is 5.23. The minimum absolute atomic E-state index is 0.406. The predicted molar refractivity (Wildman–Crippen MR) is 73.3 cm³/mol. The Kier molecular flexibility index (Phi) is 4.32. The van der Waals surface area contributed by atoms with E-state index in [1.54, 1.807) is 29.4 Å². The van der Waals surface area contributed by atoms with Gasteiger partial charge in [0.25, 0.3) is 0 Å². The average molecular weight is 263 g/mol. The van der Waals surface area contributed by atoms with Crippen LogP contribution in [0.4, 0.5) is 0 Å². The van der Waals surface area contributed by atoms with Crippen LogP contribution in [0, 0.1) is 18.8 Å². The van der Waals surface area contributed by atoms with E-state index < -0.39 is 0 Å². The SMILES string of the molecule is Cc1occc1SCc1sccc1C#CCN. The minimum atomic E-state index is 0.406. The lowest BCUT2D eigenvalue weighted by Crippen LogP contribution is -1.93. The van der Waals surface area contributed by atoms with Gasteiger partial charge >= 0.3 is 0 Å². The van der Waals surface area contributed by atoms with Crippen LogP contribution in [-0.2, 0) is 5.75 Å². The third-order valence-corrected chi connectivity index (χ3v) is 4.51. The van der Waals surface area contributed by atoms with E-state index in [9.17, 15) is 0 Å². The number of furan rings is 1. The predicted octanol–water partition coefficient (Wildman–Crippen LogP) is 3.25. The number of hydrogen-bond donors (Lipinski definition) is 1. The normalized spacial score (nSPS) is 10.0. The fraction of sp³-hybridized carbons (Fsp3) is 0.231. The Hall–Kier alpha value is -1.15. The first-order valence-corrected chi connectivity index (χ1v) is 7.10. The highest BCUT2D eigenvalue weighted by atomic mass is 32.2. The van der Waals surface area contributed by atoms with E-state index in [0.29, 0.717) is 6.54 Å². The van der Waals surface area contributed by atoms with Crippen LogP contribution in [0.2, 0.25) is 0 Å². The Morgan fingerprint density at radius 1 is 1.47 bits per heavy atom. The van der Waals surface area contributed by atoms with Crippen molar-refractivity contribution in [2.45, 2.75) is 17.6 Å². The Balaban J connectivity index is 2.04. The Morgan fingerprint density at radius 3 is 3.06 bits per heavy atom. The Labute approximate surface area is 109 Å². The average Bonchev–Trinajstić information content (AvgIpc) is 2.93. The van der Waals surface area contributed by atoms with Crippen molar-refractivity contribution in [2.75, 3.05) is 6.54 Å². The van der Waals surface area contributed by atoms with Gasteiger partial charge in [0.2, 0.25) is 0 Å². The van der Waals surface area contributed by atoms with E-state index >= 15 is 0 Å². The number of thioether (sulfide) groups is 1. The molecule has 2 aromatic rings. The van der Waals surface area contributed by atoms with E-state index in [4.69, 9.17) is 10.2 Å². The molecule has 0 saturated heterocycles. The molecule has 0 fully saturated rings. The van der Waals surface area contributed by atoms with Gasteiger partial charge in [0.1, 0.15) is 5.76 Å². The summed E-state index contributed by atoms with van der Waals surface area (Å²) in [7, 11) is 0. The largest absolute Gasteiger partial charge is 0.468 e. The molecule has 0 aromatic carbocycles. The lowest BCUT2D eigenvalue weighted by molar-refractivity contribution is 0.527. The van der Waals surface area contributed by atoms with Crippen molar-refractivity contribution < 1.29 is 4.42 Å². The first kappa shape index (κ1) is 12.3. The van der Waals surface area contributed by atoms with Gasteiger partial charge in [-0.2, -0.15) is 0 Å². The third kappa shape index (κ3) is 3.16. The summed E-state index contributed by atoms with van der Waals surface area (Å²) in [5.74, 6) is 7.89. The maximum atomic E-state index is 5.38. The zero-order chi connectivity index (χ0) is 12.1. The quantitative estimate of drug-likeness (QED) is 0.682. The molecule has 0 amide bonds. The zero-order valence-electron chi connectivity index (χ0n) is 9.53. The molecule has 0 radical (unpaired) electrons. The van der Waals surface area contributed by atoms with E-state index in [1.165, 1.54) is 9.77 Å². The molecule has 0 saturated carbocycles. The molecule has 0 aliphatic heterocycles. The molecule has 0 bridgehead atoms. The molecular formula is C13H13NOS2. The van der Waals surface area contributed by atoms with Crippen LogP contribution in [0.1, 0.15) is 16.2 Å². The summed E-state index contributed by atoms with van der Waals surface area (Å²) in [6.07, 6.45) is 1.72. The van der Waals surface area contributed by atoms with Gasteiger partial charge in [0.15, 0.2) is 0 Å². The molecule has 88 valence electrons. The molecule has 4 heteroatoms. The Morgan fingerprint density at radius 2 is 2.35 bits per heavy atom. The molecule has 2 aromatic heterocycles. The second kappa shape index (κ2) is 5.97. The molecule has 2 rings (SSSR count). The van der Waals surface area contributed by atoms with Crippen LogP contribution in [-0.4, -0.2) is 6.54 Å². The lowest BCUT2D eigenvalue weighted by Gasteiger charge is -1.98. The topological polar surface area (TPSA) is 39.2 Å². The van der Waals surface area contributed by atoms with Crippen LogP contribution in [0.25, 0.3) is 0 Å². The molecule has 0 atom stereocenters. The zero-order valence-corrected chi connectivity index (χ0v) is 11.2. The summed E-state index contributed by atoms with van der Waals surface area (Å²) >= 11 is 3.51. The summed E-state index contributed by atoms with van der Waals surface area (Å²) in [5, 5.41) is 2.07. The van der Waals surface area contributed by atoms with Crippen LogP contribution < -0.4 is 5.73 Å². The summed E-state index contributed by atoms with van der Waals surface area (Å²) < 4.78 is 5.27. The van der Waals surface area contributed by atoms with E-state index in [2.05, 4.69) is 17.2 Å². The molecule has 0 aliphatic carbocycles. The van der Waals surface area contributed by atoms with Gasteiger partial charge in [0.05, 0.1) is 12.8 Å². The van der Waals surface area contributed by atoms with E-state index in [-0.39, 0.29) is 0 Å². The molecule has 0 unspecified atom stereocenters. The van der Waals surface area contributed by atoms with Crippen LogP contribution in [0.15, 0.2) is 33.1 Å². The van der Waals surface area contributed by atoms with Crippen molar-refractivity contribution in [3.63, 3.8) is 0 Å². The van der Waals surface area contributed by atoms with Crippen molar-refractivity contribution in [1.82, 2.24) is 0 Å². The lowest BCUT2D eigenvalue weighted by atomic mass is 10.3. The van der Waals surface area contributed by atoms with Gasteiger partial charge in [0, 0.05) is 21.1 Å². The number of aryl methyl sites for hydroxylation is 1. The smallest absolute Gasteiger partial charge is 0.114 e. The van der Waals surface area contributed by atoms with Crippen molar-refractivity contribution in [3.05, 3.63) is 40.0 Å². The summed E-state index contributed by atoms with van der Waals surface area (Å²) in [5.41, 5.74) is 6.47. The number of nitrogens with two attached hydrogens (primary N) is 1. The van der Waals surface area contributed by atoms with Crippen molar-refractivity contribution >= 4 is 23.1 Å². The first-order chi connectivity index (χ1) is 8.31. The highest BCUT2D eigenvalue weighted by Gasteiger charge is 2.06. The molecular weight excluding hydrogens is 250 g/mol. The summed E-state index contributed by atoms with van der Waals surface area (Å²) in [6, 6.07) is 4.05. The van der Waals surface area contributed by atoms with Gasteiger partial charge in [-0.25, -0.2) is 0 Å². The number of thiophene rings is 1. The molecule has 2 heterocycles. The maximum Gasteiger partial charge on any atom is 0.114 e. The highest BCUT2D eigenvalue weighted by molar-refractivity contribution is 7.98. The fourth-order valence-electron chi connectivity index (χ4n) is 1.38. The van der Waals surface area contributed by atoms with Gasteiger partial charge < -0.3 is 10.2 Å². The van der Waals surface area contributed by atoms with Crippen LogP contribution >= 0.6 is 23.1 Å². The summed E-state index contributed by atoms with van der Waals surface area (Å²) in [4.78, 5) is 2.48. The molecule has 17 heavy (non-hydrogen) atoms. The molecule has 0 spiro atoms. The van der Waals surface area contributed by atoms with Crippen molar-refractivity contribution in [1.29, 1.82) is 0 Å². The maximum absolute atomic E-state index is 5.38. The van der Waals surface area contributed by atoms with Gasteiger partial charge in [-0.3, -0.25) is 0 Å². The standard InChI is InChI=1S/C13H13NOS2/c1-10-12(4-7-15-10)17-9-13-11(3-2-6-14)5-8-16-13/h4-5,7-8H,6,9,14H2,1H3. The monoisotopic (exact) mass is 263 g/mol. The molecule has 2 N–H and O–H groups in total. The van der Waals surface area contributed by atoms with E-state index in [0.717, 1.165) is 17.1 Å². The highest BCUT2D eigenvalue weighted by Crippen LogP contribution is 2.29. The van der Waals surface area contributed by atoms with Crippen LogP contribution in [0.3, 0.4) is 0 Å².